The first-order valence-electron chi connectivity index (χ1n) is 7.47. The number of aromatic nitrogens is 2. The van der Waals surface area contributed by atoms with E-state index in [4.69, 9.17) is 0 Å². The first kappa shape index (κ1) is 14.4. The van der Waals surface area contributed by atoms with E-state index in [1.165, 1.54) is 11.9 Å². The van der Waals surface area contributed by atoms with Gasteiger partial charge in [0.15, 0.2) is 0 Å². The molecule has 0 saturated carbocycles. The molecule has 0 aliphatic carbocycles. The number of amidine groups is 1. The smallest absolute Gasteiger partial charge is 0.406 e. The number of urea groups is 1. The van der Waals surface area contributed by atoms with Crippen LogP contribution < -0.4 is 4.57 Å². The zero-order valence-electron chi connectivity index (χ0n) is 13.5. The van der Waals surface area contributed by atoms with Crippen molar-refractivity contribution in [2.75, 3.05) is 14.1 Å². The maximum Gasteiger partial charge on any atom is 0.406 e. The van der Waals surface area contributed by atoms with E-state index >= 15 is 0 Å². The largest absolute Gasteiger partial charge is 0.508 e. The minimum absolute atomic E-state index is 0.176. The molecule has 2 aliphatic heterocycles. The van der Waals surface area contributed by atoms with Crippen LogP contribution in [0.5, 0.6) is 5.75 Å². The van der Waals surface area contributed by atoms with Crippen LogP contribution >= 0.6 is 0 Å². The molecule has 2 aliphatic rings. The minimum atomic E-state index is -0.634. The van der Waals surface area contributed by atoms with Gasteiger partial charge < -0.3 is 5.11 Å². The number of benzene rings is 1. The minimum Gasteiger partial charge on any atom is -0.508 e. The predicted molar refractivity (Wildman–Crippen MR) is 84.4 cm³/mol. The fourth-order valence-electron chi connectivity index (χ4n) is 3.19. The molecule has 122 valence electrons. The van der Waals surface area contributed by atoms with Crippen LogP contribution in [0.15, 0.2) is 35.5 Å². The van der Waals surface area contributed by atoms with Gasteiger partial charge in [-0.3, -0.25) is 14.6 Å². The van der Waals surface area contributed by atoms with Crippen LogP contribution in [0.4, 0.5) is 10.7 Å². The number of rotatable bonds is 1. The number of carbonyl (C=O) groups is 2. The fraction of sp³-hybridized carbons (Fsp3) is 0.250. The molecule has 3 heterocycles. The van der Waals surface area contributed by atoms with Crippen LogP contribution in [0.3, 0.4) is 0 Å². The Balaban J connectivity index is 1.90. The van der Waals surface area contributed by atoms with E-state index in [1.807, 2.05) is 17.7 Å². The number of aromatic hydroxyl groups is 1. The molecule has 8 nitrogen and oxygen atoms in total. The van der Waals surface area contributed by atoms with E-state index in [2.05, 4.69) is 4.99 Å². The molecule has 1 fully saturated rings. The quantitative estimate of drug-likeness (QED) is 0.790. The van der Waals surface area contributed by atoms with E-state index in [-0.39, 0.29) is 11.7 Å². The number of aryl methyl sites for hydroxylation is 1. The van der Waals surface area contributed by atoms with Crippen molar-refractivity contribution in [2.45, 2.75) is 13.0 Å². The molecule has 1 unspecified atom stereocenters. The second kappa shape index (κ2) is 4.67. The first-order valence-corrected chi connectivity index (χ1v) is 7.47. The van der Waals surface area contributed by atoms with Crippen LogP contribution in [0, 0.1) is 6.92 Å². The summed E-state index contributed by atoms with van der Waals surface area (Å²) < 4.78 is 3.66. The molecule has 0 spiro atoms. The summed E-state index contributed by atoms with van der Waals surface area (Å²) in [6.07, 6.45) is 1.85. The lowest BCUT2D eigenvalue weighted by Gasteiger charge is -2.30. The molecule has 1 aromatic heterocycles. The fourth-order valence-corrected chi connectivity index (χ4v) is 3.19. The summed E-state index contributed by atoms with van der Waals surface area (Å²) >= 11 is 0. The zero-order valence-corrected chi connectivity index (χ0v) is 13.5. The van der Waals surface area contributed by atoms with Gasteiger partial charge in [-0.1, -0.05) is 4.99 Å². The third-order valence-electron chi connectivity index (χ3n) is 4.44. The van der Waals surface area contributed by atoms with Crippen molar-refractivity contribution in [3.8, 4) is 11.4 Å². The number of imidazole rings is 1. The van der Waals surface area contributed by atoms with Crippen LogP contribution in [-0.2, 0) is 4.79 Å². The number of imide groups is 1. The Morgan fingerprint density at radius 3 is 2.46 bits per heavy atom. The lowest BCUT2D eigenvalue weighted by molar-refractivity contribution is -0.676. The number of amides is 3. The van der Waals surface area contributed by atoms with E-state index in [0.717, 1.165) is 16.3 Å². The van der Waals surface area contributed by atoms with E-state index in [0.29, 0.717) is 11.8 Å². The third-order valence-corrected chi connectivity index (χ3v) is 4.44. The van der Waals surface area contributed by atoms with Gasteiger partial charge in [-0.15, -0.1) is 0 Å². The lowest BCUT2D eigenvalue weighted by atomic mass is 10.2. The number of carbonyl (C=O) groups excluding carboxylic acids is 2. The average molecular weight is 326 g/mol. The molecule has 4 rings (SSSR count). The highest BCUT2D eigenvalue weighted by atomic mass is 16.3. The van der Waals surface area contributed by atoms with Crippen molar-refractivity contribution in [1.29, 1.82) is 0 Å². The van der Waals surface area contributed by atoms with E-state index < -0.39 is 12.1 Å². The summed E-state index contributed by atoms with van der Waals surface area (Å²) in [5.74, 6) is 0.866. The number of phenols is 1. The van der Waals surface area contributed by atoms with Gasteiger partial charge in [0.05, 0.1) is 0 Å². The van der Waals surface area contributed by atoms with Gasteiger partial charge in [-0.2, -0.15) is 4.57 Å². The predicted octanol–water partition coefficient (Wildman–Crippen LogP) is 0.887. The highest BCUT2D eigenvalue weighted by Gasteiger charge is 2.52. The number of hydrogen-bond donors (Lipinski definition) is 1. The number of fused-ring (bicyclic) bond motifs is 3. The van der Waals surface area contributed by atoms with Crippen molar-refractivity contribution in [1.82, 2.24) is 14.4 Å². The van der Waals surface area contributed by atoms with Gasteiger partial charge in [-0.05, 0) is 31.2 Å². The molecule has 1 aromatic carbocycles. The molecule has 2 aromatic rings. The molecule has 1 atom stereocenters. The Morgan fingerprint density at radius 1 is 1.12 bits per heavy atom. The summed E-state index contributed by atoms with van der Waals surface area (Å²) in [7, 11) is 3.08. The van der Waals surface area contributed by atoms with Crippen molar-refractivity contribution in [3.05, 3.63) is 36.2 Å². The van der Waals surface area contributed by atoms with Crippen molar-refractivity contribution >= 4 is 23.7 Å². The SMILES string of the molecule is Cc1c[n+]2c(n1-c1ccc(O)cc1)N=C1C2C(=O)N(C)C(=O)N1C. The average Bonchev–Trinajstić information content (AvgIpc) is 3.06. The Bertz CT molecular complexity index is 913. The Morgan fingerprint density at radius 2 is 1.79 bits per heavy atom. The second-order valence-electron chi connectivity index (χ2n) is 5.94. The number of likely N-dealkylation sites (N-methyl/N-ethyl adjacent to an activating group) is 2. The highest BCUT2D eigenvalue weighted by molar-refractivity contribution is 6.18. The first-order chi connectivity index (χ1) is 11.4. The molecule has 24 heavy (non-hydrogen) atoms. The van der Waals surface area contributed by atoms with Crippen molar-refractivity contribution in [3.63, 3.8) is 0 Å². The number of phenolic OH excluding ortho intramolecular Hbond substituents is 1. The number of aliphatic imine (C=N–C) groups is 1. The van der Waals surface area contributed by atoms with E-state index in [1.54, 1.807) is 35.9 Å². The molecule has 1 saturated heterocycles. The van der Waals surface area contributed by atoms with Crippen LogP contribution in [0.2, 0.25) is 0 Å². The van der Waals surface area contributed by atoms with Crippen molar-refractivity contribution in [2.24, 2.45) is 4.99 Å². The zero-order chi connectivity index (χ0) is 17.2. The maximum atomic E-state index is 12.6. The summed E-state index contributed by atoms with van der Waals surface area (Å²) in [4.78, 5) is 31.7. The van der Waals surface area contributed by atoms with Gasteiger partial charge in [0.1, 0.15) is 23.3 Å². The van der Waals surface area contributed by atoms with Gasteiger partial charge in [0.2, 0.25) is 11.9 Å². The molecule has 3 amide bonds. The Kier molecular flexibility index (Phi) is 2.81. The summed E-state index contributed by atoms with van der Waals surface area (Å²) in [5, 5.41) is 9.48. The summed E-state index contributed by atoms with van der Waals surface area (Å²) in [6.45, 7) is 1.92. The molecular weight excluding hydrogens is 310 g/mol. The standard InChI is InChI=1S/C16H15N5O3/c1-9-8-20-12-13(18(2)16(24)19(3)14(12)23)17-15(20)21(9)10-4-6-11(22)7-5-10/h4-8,12H,1-3H3/p+1. The monoisotopic (exact) mass is 326 g/mol. The van der Waals surface area contributed by atoms with Gasteiger partial charge in [0, 0.05) is 14.1 Å². The third kappa shape index (κ3) is 1.73. The number of nitrogens with zero attached hydrogens (tertiary/aromatic N) is 5. The molecule has 8 heteroatoms. The van der Waals surface area contributed by atoms with Gasteiger partial charge in [0.25, 0.3) is 5.91 Å². The summed E-state index contributed by atoms with van der Waals surface area (Å²) in [5.41, 5.74) is 1.71. The van der Waals surface area contributed by atoms with Gasteiger partial charge >= 0.3 is 12.0 Å². The second-order valence-corrected chi connectivity index (χ2v) is 5.94. The van der Waals surface area contributed by atoms with Crippen LogP contribution in [0.1, 0.15) is 11.7 Å². The van der Waals surface area contributed by atoms with Crippen LogP contribution in [0.25, 0.3) is 5.69 Å². The molecule has 0 bridgehead atoms. The molecule has 1 N–H and O–H groups in total. The topological polar surface area (TPSA) is 82.0 Å². The summed E-state index contributed by atoms with van der Waals surface area (Å²) in [6, 6.07) is 5.70. The molecule has 0 radical (unpaired) electrons. The lowest BCUT2D eigenvalue weighted by Crippen LogP contribution is -2.61. The normalized spacial score (nSPS) is 19.5. The Labute approximate surface area is 137 Å². The maximum absolute atomic E-state index is 12.6. The Hall–Kier alpha value is -3.16. The van der Waals surface area contributed by atoms with Crippen molar-refractivity contribution < 1.29 is 19.3 Å². The van der Waals surface area contributed by atoms with Gasteiger partial charge in [-0.25, -0.2) is 9.36 Å². The molecular formula is C16H16N5O3+. The highest BCUT2D eigenvalue weighted by Crippen LogP contribution is 2.30. The van der Waals surface area contributed by atoms with E-state index in [9.17, 15) is 14.7 Å². The number of hydrogen-bond acceptors (Lipinski definition) is 4. The van der Waals surface area contributed by atoms with Crippen LogP contribution in [-0.4, -0.2) is 51.3 Å².